The minimum Gasteiger partial charge on any atom is -0.458 e. The molecule has 0 aromatic heterocycles. The van der Waals surface area contributed by atoms with Gasteiger partial charge in [-0.3, -0.25) is 0 Å². The zero-order valence-electron chi connectivity index (χ0n) is 6.28. The molecule has 0 saturated heterocycles. The van der Waals surface area contributed by atoms with Crippen LogP contribution in [0.3, 0.4) is 0 Å². The molecule has 0 atom stereocenters. The third-order valence-electron chi connectivity index (χ3n) is 1.36. The van der Waals surface area contributed by atoms with Crippen molar-refractivity contribution in [2.75, 3.05) is 0 Å². The maximum atomic E-state index is 10.9. The van der Waals surface area contributed by atoms with Crippen molar-refractivity contribution in [1.82, 2.24) is 0 Å². The molecule has 0 heterocycles. The number of nitrogens with zero attached hydrogens (tertiary/aromatic N) is 1. The number of carbonyl (C=O) groups is 1. The fourth-order valence-corrected chi connectivity index (χ4v) is 0.799. The zero-order chi connectivity index (χ0) is 8.97. The van der Waals surface area contributed by atoms with Crippen molar-refractivity contribution < 1.29 is 9.53 Å². The maximum Gasteiger partial charge on any atom is 0.338 e. The quantitative estimate of drug-likeness (QED) is 0.585. The van der Waals surface area contributed by atoms with Gasteiger partial charge >= 0.3 is 5.97 Å². The molecule has 0 N–H and O–H groups in total. The van der Waals surface area contributed by atoms with Crippen LogP contribution in [0.4, 0.5) is 0 Å². The van der Waals surface area contributed by atoms with E-state index in [1.165, 1.54) is 6.07 Å². The summed E-state index contributed by atoms with van der Waals surface area (Å²) in [5.74, 6) is -0.535. The summed E-state index contributed by atoms with van der Waals surface area (Å²) < 4.78 is 4.24. The molecule has 59 valence electrons. The predicted molar refractivity (Wildman–Crippen MR) is 41.9 cm³/mol. The highest BCUT2D eigenvalue weighted by Gasteiger charge is 2.04. The van der Waals surface area contributed by atoms with Crippen molar-refractivity contribution in [3.05, 3.63) is 42.5 Å². The van der Waals surface area contributed by atoms with E-state index in [9.17, 15) is 4.79 Å². The lowest BCUT2D eigenvalue weighted by molar-refractivity contribution is 0.0654. The van der Waals surface area contributed by atoms with E-state index < -0.39 is 5.97 Å². The Labute approximate surface area is 70.2 Å². The number of nitriles is 1. The first kappa shape index (κ1) is 8.28. The van der Waals surface area contributed by atoms with E-state index >= 15 is 0 Å². The molecule has 0 aliphatic carbocycles. The summed E-state index contributed by atoms with van der Waals surface area (Å²) >= 11 is 0. The van der Waals surface area contributed by atoms with Gasteiger partial charge in [-0.05, 0) is 18.2 Å². The van der Waals surface area contributed by atoms with Crippen molar-refractivity contribution in [3.63, 3.8) is 0 Å². The van der Waals surface area contributed by atoms with Crippen molar-refractivity contribution in [1.29, 1.82) is 5.26 Å². The smallest absolute Gasteiger partial charge is 0.338 e. The van der Waals surface area contributed by atoms with Gasteiger partial charge in [-0.1, -0.05) is 6.07 Å². The molecule has 0 saturated carbocycles. The second kappa shape index (κ2) is 3.54. The van der Waals surface area contributed by atoms with Gasteiger partial charge < -0.3 is 4.74 Å². The lowest BCUT2D eigenvalue weighted by Gasteiger charge is -1.97. The van der Waals surface area contributed by atoms with Crippen LogP contribution in [0.2, 0.25) is 0 Å². The number of carbonyl (C=O) groups excluding carboxylic acids is 1. The molecule has 0 fully saturated rings. The van der Waals surface area contributed by atoms with Gasteiger partial charge in [0.05, 0.1) is 17.2 Å². The molecular formula is C9H6NO2. The summed E-state index contributed by atoms with van der Waals surface area (Å²) in [6.45, 7) is 0. The van der Waals surface area contributed by atoms with Gasteiger partial charge in [0.15, 0.2) is 0 Å². The molecule has 1 rings (SSSR count). The van der Waals surface area contributed by atoms with Crippen LogP contribution in [0.5, 0.6) is 0 Å². The van der Waals surface area contributed by atoms with Crippen LogP contribution < -0.4 is 0 Å². The first-order valence-electron chi connectivity index (χ1n) is 3.24. The highest BCUT2D eigenvalue weighted by atomic mass is 16.5. The first-order chi connectivity index (χ1) is 5.77. The summed E-state index contributed by atoms with van der Waals surface area (Å²) in [4.78, 5) is 10.9. The molecule has 12 heavy (non-hydrogen) atoms. The lowest BCUT2D eigenvalue weighted by atomic mass is 10.1. The average molecular weight is 160 g/mol. The number of esters is 1. The summed E-state index contributed by atoms with van der Waals surface area (Å²) in [6, 6.07) is 8.16. The van der Waals surface area contributed by atoms with E-state index in [1.54, 1.807) is 18.2 Å². The Morgan fingerprint density at radius 3 is 2.92 bits per heavy atom. The van der Waals surface area contributed by atoms with Crippen LogP contribution in [0.1, 0.15) is 15.9 Å². The van der Waals surface area contributed by atoms with Crippen LogP contribution in [0.25, 0.3) is 0 Å². The van der Waals surface area contributed by atoms with E-state index in [0.29, 0.717) is 11.1 Å². The molecule has 0 bridgehead atoms. The molecular weight excluding hydrogens is 154 g/mol. The summed E-state index contributed by atoms with van der Waals surface area (Å²) in [5.41, 5.74) is 0.766. The highest BCUT2D eigenvalue weighted by Crippen LogP contribution is 2.05. The lowest BCUT2D eigenvalue weighted by Crippen LogP contribution is -1.99. The minimum atomic E-state index is -0.535. The van der Waals surface area contributed by atoms with Gasteiger partial charge in [-0.2, -0.15) is 5.26 Å². The number of hydrogen-bond acceptors (Lipinski definition) is 3. The molecule has 0 unspecified atom stereocenters. The third kappa shape index (κ3) is 1.61. The maximum absolute atomic E-state index is 10.9. The van der Waals surface area contributed by atoms with Crippen LogP contribution in [0.15, 0.2) is 24.3 Å². The number of benzene rings is 1. The van der Waals surface area contributed by atoms with Gasteiger partial charge in [-0.15, -0.1) is 0 Å². The first-order valence-corrected chi connectivity index (χ1v) is 3.24. The zero-order valence-corrected chi connectivity index (χ0v) is 6.28. The second-order valence-electron chi connectivity index (χ2n) is 2.12. The van der Waals surface area contributed by atoms with Crippen molar-refractivity contribution in [2.24, 2.45) is 0 Å². The van der Waals surface area contributed by atoms with Crippen LogP contribution in [-0.4, -0.2) is 5.97 Å². The average Bonchev–Trinajstić information content (AvgIpc) is 2.17. The van der Waals surface area contributed by atoms with Crippen LogP contribution in [-0.2, 0) is 4.74 Å². The summed E-state index contributed by atoms with van der Waals surface area (Å²) in [5, 5.41) is 8.50. The largest absolute Gasteiger partial charge is 0.458 e. The van der Waals surface area contributed by atoms with Crippen LogP contribution >= 0.6 is 0 Å². The molecule has 0 spiro atoms. The number of hydrogen-bond donors (Lipinski definition) is 0. The van der Waals surface area contributed by atoms with Gasteiger partial charge in [0.25, 0.3) is 0 Å². The molecule has 0 aliphatic rings. The van der Waals surface area contributed by atoms with Crippen molar-refractivity contribution in [2.45, 2.75) is 0 Å². The van der Waals surface area contributed by atoms with E-state index in [1.807, 2.05) is 6.07 Å². The molecule has 3 heteroatoms. The fraction of sp³-hybridized carbons (Fsp3) is 0. The van der Waals surface area contributed by atoms with Gasteiger partial charge in [-0.25, -0.2) is 4.79 Å². The number of ether oxygens (including phenoxy) is 1. The Morgan fingerprint density at radius 1 is 1.58 bits per heavy atom. The molecule has 3 nitrogen and oxygen atoms in total. The third-order valence-corrected chi connectivity index (χ3v) is 1.36. The Morgan fingerprint density at radius 2 is 2.33 bits per heavy atom. The monoisotopic (exact) mass is 160 g/mol. The topological polar surface area (TPSA) is 50.1 Å². The predicted octanol–water partition coefficient (Wildman–Crippen LogP) is 1.51. The van der Waals surface area contributed by atoms with E-state index in [0.717, 1.165) is 0 Å². The highest BCUT2D eigenvalue weighted by molar-refractivity contribution is 5.89. The molecule has 1 aromatic rings. The van der Waals surface area contributed by atoms with E-state index in [2.05, 4.69) is 11.8 Å². The van der Waals surface area contributed by atoms with Crippen molar-refractivity contribution >= 4 is 5.97 Å². The Balaban J connectivity index is 3.04. The van der Waals surface area contributed by atoms with Gasteiger partial charge in [0.2, 0.25) is 0 Å². The summed E-state index contributed by atoms with van der Waals surface area (Å²) in [7, 11) is 2.99. The molecule has 1 aromatic carbocycles. The fourth-order valence-electron chi connectivity index (χ4n) is 0.799. The van der Waals surface area contributed by atoms with E-state index in [-0.39, 0.29) is 0 Å². The van der Waals surface area contributed by atoms with Gasteiger partial charge in [0, 0.05) is 0 Å². The Bertz CT molecular complexity index is 339. The van der Waals surface area contributed by atoms with Crippen molar-refractivity contribution in [3.8, 4) is 6.07 Å². The Hall–Kier alpha value is -1.82. The Kier molecular flexibility index (Phi) is 2.44. The second-order valence-corrected chi connectivity index (χ2v) is 2.12. The number of rotatable bonds is 1. The van der Waals surface area contributed by atoms with Gasteiger partial charge in [0.1, 0.15) is 7.11 Å². The molecule has 0 aliphatic heterocycles. The molecule has 0 amide bonds. The molecule has 1 radical (unpaired) electrons. The summed E-state index contributed by atoms with van der Waals surface area (Å²) in [6.07, 6.45) is 0. The normalized spacial score (nSPS) is 8.67. The van der Waals surface area contributed by atoms with Crippen LogP contribution in [0, 0.1) is 18.4 Å². The van der Waals surface area contributed by atoms with E-state index in [4.69, 9.17) is 5.26 Å². The minimum absolute atomic E-state index is 0.337. The standard InChI is InChI=1S/C9H6NO2/c1-12-9(11)8-4-2-3-7(5-8)6-10/h2-5H,1H2. The SMILES string of the molecule is [CH2]OC(=O)c1cccc(C#N)c1.